The summed E-state index contributed by atoms with van der Waals surface area (Å²) in [4.78, 5) is 11.8. The maximum atomic E-state index is 10.6. The average molecular weight is 178 g/mol. The zero-order valence-electron chi connectivity index (χ0n) is 6.61. The van der Waals surface area contributed by atoms with Crippen LogP contribution in [0.1, 0.15) is 17.0 Å². The third-order valence-corrected chi connectivity index (χ3v) is 2.03. The van der Waals surface area contributed by atoms with Crippen LogP contribution in [0, 0.1) is 11.3 Å². The van der Waals surface area contributed by atoms with Gasteiger partial charge in [-0.05, 0) is 0 Å². The number of nitrogens with one attached hydrogen (secondary N) is 1. The molecule has 1 aromatic heterocycles. The molecule has 1 aliphatic heterocycles. The highest BCUT2D eigenvalue weighted by Gasteiger charge is 2.27. The highest BCUT2D eigenvalue weighted by atomic mass is 16.4. The molecule has 0 unspecified atom stereocenters. The highest BCUT2D eigenvalue weighted by Crippen LogP contribution is 2.22. The lowest BCUT2D eigenvalue weighted by Gasteiger charge is -2.08. The summed E-state index contributed by atoms with van der Waals surface area (Å²) in [6.07, 6.45) is -0.978. The molecule has 0 saturated heterocycles. The van der Waals surface area contributed by atoms with Crippen molar-refractivity contribution in [2.24, 2.45) is 0 Å². The van der Waals surface area contributed by atoms with Crippen LogP contribution in [0.5, 0.6) is 0 Å². The molecule has 0 atom stereocenters. The molecule has 0 radical (unpaired) electrons. The minimum absolute atomic E-state index is 0.254. The SMILES string of the molecule is N#Cc1n[nH]c2c1CN(C(=O)O)C2. The van der Waals surface area contributed by atoms with Crippen LogP contribution >= 0.6 is 0 Å². The molecule has 0 aromatic carbocycles. The first-order chi connectivity index (χ1) is 6.22. The summed E-state index contributed by atoms with van der Waals surface area (Å²) in [6, 6.07) is 1.90. The summed E-state index contributed by atoms with van der Waals surface area (Å²) >= 11 is 0. The Kier molecular flexibility index (Phi) is 1.45. The number of nitriles is 1. The van der Waals surface area contributed by atoms with E-state index in [1.807, 2.05) is 6.07 Å². The van der Waals surface area contributed by atoms with Crippen LogP contribution in [0.3, 0.4) is 0 Å². The van der Waals surface area contributed by atoms with Crippen LogP contribution < -0.4 is 0 Å². The van der Waals surface area contributed by atoms with Gasteiger partial charge in [-0.3, -0.25) is 10.00 Å². The van der Waals surface area contributed by atoms with Gasteiger partial charge in [0.15, 0.2) is 5.69 Å². The zero-order chi connectivity index (χ0) is 9.42. The number of carboxylic acid groups (broad SMARTS) is 1. The summed E-state index contributed by atoms with van der Waals surface area (Å²) in [7, 11) is 0. The Labute approximate surface area is 73.4 Å². The van der Waals surface area contributed by atoms with E-state index in [9.17, 15) is 4.79 Å². The molecule has 13 heavy (non-hydrogen) atoms. The molecule has 0 spiro atoms. The fraction of sp³-hybridized carbons (Fsp3) is 0.286. The number of carbonyl (C=O) groups is 1. The van der Waals surface area contributed by atoms with Gasteiger partial charge >= 0.3 is 6.09 Å². The van der Waals surface area contributed by atoms with Crippen LogP contribution in [0.4, 0.5) is 4.79 Å². The van der Waals surface area contributed by atoms with E-state index < -0.39 is 6.09 Å². The monoisotopic (exact) mass is 178 g/mol. The van der Waals surface area contributed by atoms with Crippen molar-refractivity contribution in [3.05, 3.63) is 17.0 Å². The first-order valence-corrected chi connectivity index (χ1v) is 3.66. The van der Waals surface area contributed by atoms with E-state index in [-0.39, 0.29) is 6.54 Å². The van der Waals surface area contributed by atoms with Gasteiger partial charge in [-0.1, -0.05) is 0 Å². The van der Waals surface area contributed by atoms with Gasteiger partial charge in [0, 0.05) is 5.56 Å². The lowest BCUT2D eigenvalue weighted by atomic mass is 10.2. The van der Waals surface area contributed by atoms with E-state index in [1.54, 1.807) is 0 Å². The van der Waals surface area contributed by atoms with E-state index in [2.05, 4.69) is 10.2 Å². The highest BCUT2D eigenvalue weighted by molar-refractivity contribution is 5.66. The summed E-state index contributed by atoms with van der Waals surface area (Å²) in [5.41, 5.74) is 1.71. The van der Waals surface area contributed by atoms with Crippen LogP contribution in [0.25, 0.3) is 0 Å². The van der Waals surface area contributed by atoms with E-state index >= 15 is 0 Å². The molecule has 2 rings (SSSR count). The average Bonchev–Trinajstić information content (AvgIpc) is 2.60. The Bertz CT molecular complexity index is 403. The lowest BCUT2D eigenvalue weighted by Crippen LogP contribution is -2.23. The number of aromatic amines is 1. The van der Waals surface area contributed by atoms with E-state index in [1.165, 1.54) is 4.90 Å². The fourth-order valence-corrected chi connectivity index (χ4v) is 1.37. The zero-order valence-corrected chi connectivity index (χ0v) is 6.61. The Morgan fingerprint density at radius 1 is 1.69 bits per heavy atom. The summed E-state index contributed by atoms with van der Waals surface area (Å²) < 4.78 is 0. The molecule has 0 bridgehead atoms. The van der Waals surface area contributed by atoms with Gasteiger partial charge in [-0.2, -0.15) is 10.4 Å². The third kappa shape index (κ3) is 1.02. The number of hydrogen-bond acceptors (Lipinski definition) is 3. The molecule has 0 saturated carbocycles. The van der Waals surface area contributed by atoms with Gasteiger partial charge < -0.3 is 5.11 Å². The fourth-order valence-electron chi connectivity index (χ4n) is 1.37. The first kappa shape index (κ1) is 7.61. The molecular formula is C7H6N4O2. The largest absolute Gasteiger partial charge is 0.465 e. The standard InChI is InChI=1S/C7H6N4O2/c8-1-5-4-2-11(7(12)13)3-6(4)10-9-5/h2-3H2,(H,9,10)(H,12,13). The molecule has 2 heterocycles. The molecule has 1 aromatic rings. The Balaban J connectivity index is 2.32. The van der Waals surface area contributed by atoms with Crippen molar-refractivity contribution in [2.75, 3.05) is 0 Å². The quantitative estimate of drug-likeness (QED) is 0.596. The minimum Gasteiger partial charge on any atom is -0.465 e. The first-order valence-electron chi connectivity index (χ1n) is 3.66. The number of aromatic nitrogens is 2. The van der Waals surface area contributed by atoms with Crippen molar-refractivity contribution in [3.63, 3.8) is 0 Å². The van der Waals surface area contributed by atoms with Crippen LogP contribution in [-0.2, 0) is 13.1 Å². The third-order valence-electron chi connectivity index (χ3n) is 2.03. The van der Waals surface area contributed by atoms with Gasteiger partial charge in [-0.25, -0.2) is 4.79 Å². The predicted molar refractivity (Wildman–Crippen MR) is 40.6 cm³/mol. The smallest absolute Gasteiger partial charge is 0.407 e. The van der Waals surface area contributed by atoms with Crippen LogP contribution in [-0.4, -0.2) is 26.3 Å². The van der Waals surface area contributed by atoms with Gasteiger partial charge in [-0.15, -0.1) is 0 Å². The Morgan fingerprint density at radius 3 is 3.08 bits per heavy atom. The molecule has 0 aliphatic carbocycles. The molecule has 1 aliphatic rings. The second-order valence-electron chi connectivity index (χ2n) is 2.78. The predicted octanol–water partition coefficient (Wildman–Crippen LogP) is 0.275. The maximum absolute atomic E-state index is 10.6. The van der Waals surface area contributed by atoms with Crippen LogP contribution in [0.15, 0.2) is 0 Å². The van der Waals surface area contributed by atoms with Gasteiger partial charge in [0.05, 0.1) is 18.8 Å². The summed E-state index contributed by atoms with van der Waals surface area (Å²) in [5.74, 6) is 0. The normalized spacial score (nSPS) is 13.9. The van der Waals surface area contributed by atoms with Crippen molar-refractivity contribution >= 4 is 6.09 Å². The van der Waals surface area contributed by atoms with Crippen molar-refractivity contribution in [3.8, 4) is 6.07 Å². The topological polar surface area (TPSA) is 93.0 Å². The second-order valence-corrected chi connectivity index (χ2v) is 2.78. The maximum Gasteiger partial charge on any atom is 0.407 e. The molecule has 6 nitrogen and oxygen atoms in total. The Hall–Kier alpha value is -2.03. The summed E-state index contributed by atoms with van der Waals surface area (Å²) in [6.45, 7) is 0.545. The van der Waals surface area contributed by atoms with Gasteiger partial charge in [0.1, 0.15) is 6.07 Å². The minimum atomic E-state index is -0.978. The molecule has 2 N–H and O–H groups in total. The van der Waals surface area contributed by atoms with Gasteiger partial charge in [0.2, 0.25) is 0 Å². The van der Waals surface area contributed by atoms with Gasteiger partial charge in [0.25, 0.3) is 0 Å². The van der Waals surface area contributed by atoms with E-state index in [0.29, 0.717) is 17.8 Å². The second kappa shape index (κ2) is 2.48. The molecule has 0 fully saturated rings. The number of fused-ring (bicyclic) bond motifs is 1. The van der Waals surface area contributed by atoms with Crippen LogP contribution in [0.2, 0.25) is 0 Å². The van der Waals surface area contributed by atoms with Crippen molar-refractivity contribution < 1.29 is 9.90 Å². The number of hydrogen-bond donors (Lipinski definition) is 2. The molecule has 66 valence electrons. The van der Waals surface area contributed by atoms with Crippen molar-refractivity contribution in [1.29, 1.82) is 5.26 Å². The molecular weight excluding hydrogens is 172 g/mol. The molecule has 1 amide bonds. The number of rotatable bonds is 0. The van der Waals surface area contributed by atoms with Crippen molar-refractivity contribution in [1.82, 2.24) is 15.1 Å². The number of nitrogens with zero attached hydrogens (tertiary/aromatic N) is 3. The lowest BCUT2D eigenvalue weighted by molar-refractivity contribution is 0.144. The Morgan fingerprint density at radius 2 is 2.46 bits per heavy atom. The number of H-pyrrole nitrogens is 1. The van der Waals surface area contributed by atoms with E-state index in [0.717, 1.165) is 5.69 Å². The summed E-state index contributed by atoms with van der Waals surface area (Å²) in [5, 5.41) is 23.7. The van der Waals surface area contributed by atoms with Crippen molar-refractivity contribution in [2.45, 2.75) is 13.1 Å². The molecule has 6 heteroatoms. The van der Waals surface area contributed by atoms with E-state index in [4.69, 9.17) is 10.4 Å². The number of amides is 1.